The molecule has 22 atom stereocenters. The molecule has 101 heavy (non-hydrogen) atoms. The van der Waals surface area contributed by atoms with Gasteiger partial charge in [0.1, 0.15) is 92.1 Å². The van der Waals surface area contributed by atoms with Gasteiger partial charge in [-0.05, 0) is 46.5 Å². The van der Waals surface area contributed by atoms with Crippen LogP contribution in [0.5, 0.6) is 0 Å². The summed E-state index contributed by atoms with van der Waals surface area (Å²) in [5.74, 6) is -14.9. The quantitative estimate of drug-likeness (QED) is 0.0239. The number of esters is 7. The average molecular weight is 1450 g/mol. The van der Waals surface area contributed by atoms with Crippen LogP contribution < -0.4 is 37.6 Å². The first-order valence-electron chi connectivity index (χ1n) is 32.3. The van der Waals surface area contributed by atoms with E-state index in [1.807, 2.05) is 0 Å². The number of carbonyl (C=O) groups excluding carboxylic acids is 16. The molecule has 9 amide bonds. The van der Waals surface area contributed by atoms with Gasteiger partial charge >= 0.3 is 41.8 Å². The lowest BCUT2D eigenvalue weighted by atomic mass is 9.94. The Labute approximate surface area is 578 Å². The highest BCUT2D eigenvalue weighted by atomic mass is 16.8. The van der Waals surface area contributed by atoms with E-state index < -0.39 is 256 Å². The summed E-state index contributed by atoms with van der Waals surface area (Å²) in [5.41, 5.74) is 5.35. The molecular weight excluding hydrogens is 1350 g/mol. The van der Waals surface area contributed by atoms with E-state index in [2.05, 4.69) is 31.9 Å². The minimum absolute atomic E-state index is 0.00822. The Morgan fingerprint density at radius 2 is 0.970 bits per heavy atom. The fraction of sp³-hybridized carbons (Fsp3) is 0.738. The molecule has 5 fully saturated rings. The summed E-state index contributed by atoms with van der Waals surface area (Å²) >= 11 is 0. The molecule has 0 aromatic rings. The zero-order chi connectivity index (χ0) is 75.6. The summed E-state index contributed by atoms with van der Waals surface area (Å²) in [5, 5.41) is 37.7. The number of aliphatic hydroxyl groups excluding tert-OH is 2. The first kappa shape index (κ1) is 82.9. The lowest BCUT2D eigenvalue weighted by molar-refractivity contribution is -0.353. The number of carbonyl (C=O) groups is 16. The molecule has 40 heteroatoms. The third-order valence-corrected chi connectivity index (χ3v) is 16.2. The van der Waals surface area contributed by atoms with E-state index in [0.29, 0.717) is 12.8 Å². The monoisotopic (exact) mass is 1450 g/mol. The lowest BCUT2D eigenvalue weighted by Crippen LogP contribution is -2.70. The topological polar surface area (TPSA) is 538 Å². The van der Waals surface area contributed by atoms with Crippen molar-refractivity contribution < 1.29 is 149 Å². The second-order valence-electron chi connectivity index (χ2n) is 24.5. The van der Waals surface area contributed by atoms with E-state index >= 15 is 0 Å². The Bertz CT molecular complexity index is 3070. The summed E-state index contributed by atoms with van der Waals surface area (Å²) in [6.07, 6.45) is -25.6. The third-order valence-electron chi connectivity index (χ3n) is 16.2. The predicted octanol–water partition coefficient (Wildman–Crippen LogP) is -6.42. The molecule has 5 aliphatic heterocycles. The van der Waals surface area contributed by atoms with Crippen molar-refractivity contribution in [3.8, 4) is 0 Å². The molecule has 0 aromatic heterocycles. The predicted molar refractivity (Wildman–Crippen MR) is 330 cm³/mol. The van der Waals surface area contributed by atoms with E-state index in [4.69, 9.17) is 67.3 Å². The molecular formula is C61H91N9O31. The number of hydrogen-bond donors (Lipinski definition) is 9. The van der Waals surface area contributed by atoms with Gasteiger partial charge in [-0.1, -0.05) is 0 Å². The third kappa shape index (κ3) is 23.4. The number of rotatable bonds is 30. The van der Waals surface area contributed by atoms with Gasteiger partial charge in [0.05, 0.1) is 19.3 Å². The summed E-state index contributed by atoms with van der Waals surface area (Å²) in [4.78, 5) is 213. The van der Waals surface area contributed by atoms with Crippen molar-refractivity contribution in [3.63, 3.8) is 0 Å². The van der Waals surface area contributed by atoms with Gasteiger partial charge in [-0.3, -0.25) is 76.7 Å². The van der Waals surface area contributed by atoms with E-state index in [0.717, 1.165) is 76.2 Å². The number of nitrogens with two attached hydrogens (primary N) is 1. The highest BCUT2D eigenvalue weighted by Gasteiger charge is 2.58. The van der Waals surface area contributed by atoms with Crippen LogP contribution in [0.1, 0.15) is 116 Å². The molecule has 0 radical (unpaired) electrons. The highest BCUT2D eigenvalue weighted by molar-refractivity contribution is 5.97. The van der Waals surface area contributed by atoms with Crippen LogP contribution in [-0.2, 0) is 138 Å². The minimum atomic E-state index is -2.24. The summed E-state index contributed by atoms with van der Waals surface area (Å²) in [6.45, 7) is 10.1. The van der Waals surface area contributed by atoms with Crippen molar-refractivity contribution in [1.82, 2.24) is 41.7 Å². The molecule has 5 rings (SSSR count). The Morgan fingerprint density at radius 1 is 0.495 bits per heavy atom. The van der Waals surface area contributed by atoms with Crippen LogP contribution in [-0.4, -0.2) is 289 Å². The SMILES string of the molecule is CC(=O)NC(CO)C(=O)NC(C(=O)NC(C)C(=O)N1CCCC1C(=O)N1CCCC1C(=O)NC(C)C(N)=O)C(C)O[C@H]1OC(CO[C@@H]2OC(COC(C)=O)[C@@H](OC(C)=O)[C@H](OC(C)=O)C2NC(C)=O)[C@H](O)[C@H](O[C@@H]2OC(COC(C)=O)[C@@H](OC(C)=O)[C@H](OC(C)=O)C2OC(C)=O)C1NC(C)=O. The van der Waals surface area contributed by atoms with Crippen LogP contribution in [0.25, 0.3) is 0 Å². The van der Waals surface area contributed by atoms with Crippen LogP contribution >= 0.6 is 0 Å². The Kier molecular flexibility index (Phi) is 31.0. The van der Waals surface area contributed by atoms with E-state index in [9.17, 15) is 86.9 Å². The highest BCUT2D eigenvalue weighted by Crippen LogP contribution is 2.36. The first-order chi connectivity index (χ1) is 47.3. The van der Waals surface area contributed by atoms with Crippen molar-refractivity contribution in [2.24, 2.45) is 5.73 Å². The molecule has 5 saturated heterocycles. The van der Waals surface area contributed by atoms with E-state index in [-0.39, 0.29) is 25.9 Å². The van der Waals surface area contributed by atoms with Crippen LogP contribution in [0.15, 0.2) is 0 Å². The van der Waals surface area contributed by atoms with Crippen LogP contribution in [0.4, 0.5) is 0 Å². The fourth-order valence-corrected chi connectivity index (χ4v) is 12.0. The van der Waals surface area contributed by atoms with Gasteiger partial charge in [-0.15, -0.1) is 0 Å². The Balaban J connectivity index is 1.65. The Hall–Kier alpha value is -8.80. The van der Waals surface area contributed by atoms with Gasteiger partial charge in [-0.25, -0.2) is 0 Å². The number of likely N-dealkylation sites (tertiary alicyclic amines) is 2. The molecule has 5 aliphatic rings. The number of ether oxygens (including phenoxy) is 13. The molecule has 0 bridgehead atoms. The smallest absolute Gasteiger partial charge is 0.303 e. The van der Waals surface area contributed by atoms with Crippen molar-refractivity contribution in [1.29, 1.82) is 0 Å². The van der Waals surface area contributed by atoms with Gasteiger partial charge in [0, 0.05) is 82.3 Å². The zero-order valence-corrected chi connectivity index (χ0v) is 58.0. The molecule has 40 nitrogen and oxygen atoms in total. The summed E-state index contributed by atoms with van der Waals surface area (Å²) in [6, 6.07) is -12.2. The maximum absolute atomic E-state index is 15.0. The number of nitrogens with zero attached hydrogens (tertiary/aromatic N) is 2. The normalized spacial score (nSPS) is 29.2. The number of hydrogen-bond acceptors (Lipinski definition) is 31. The van der Waals surface area contributed by atoms with E-state index in [1.54, 1.807) is 0 Å². The number of aliphatic hydroxyl groups is 2. The number of nitrogens with one attached hydrogen (secondary N) is 6. The summed E-state index contributed by atoms with van der Waals surface area (Å²) < 4.78 is 76.3. The molecule has 13 unspecified atom stereocenters. The molecule has 0 saturated carbocycles. The van der Waals surface area contributed by atoms with Crippen molar-refractivity contribution in [2.75, 3.05) is 39.5 Å². The second-order valence-corrected chi connectivity index (χ2v) is 24.5. The zero-order valence-electron chi connectivity index (χ0n) is 58.0. The second kappa shape index (κ2) is 37.7. The first-order valence-corrected chi connectivity index (χ1v) is 32.3. The van der Waals surface area contributed by atoms with Gasteiger partial charge in [0.25, 0.3) is 0 Å². The van der Waals surface area contributed by atoms with Gasteiger partial charge < -0.3 is 119 Å². The lowest BCUT2D eigenvalue weighted by Gasteiger charge is -2.49. The van der Waals surface area contributed by atoms with Crippen molar-refractivity contribution in [3.05, 3.63) is 0 Å². The van der Waals surface area contributed by atoms with E-state index in [1.165, 1.54) is 23.6 Å². The van der Waals surface area contributed by atoms with Crippen LogP contribution in [0.3, 0.4) is 0 Å². The molecule has 0 spiro atoms. The molecule has 5 heterocycles. The Morgan fingerprint density at radius 3 is 1.48 bits per heavy atom. The van der Waals surface area contributed by atoms with Gasteiger partial charge in [-0.2, -0.15) is 0 Å². The van der Waals surface area contributed by atoms with Crippen LogP contribution in [0, 0.1) is 0 Å². The molecule has 0 aromatic carbocycles. The number of primary amides is 1. The van der Waals surface area contributed by atoms with Crippen LogP contribution in [0.2, 0.25) is 0 Å². The number of amides is 9. The summed E-state index contributed by atoms with van der Waals surface area (Å²) in [7, 11) is 0. The van der Waals surface area contributed by atoms with Crippen molar-refractivity contribution >= 4 is 94.9 Å². The fourth-order valence-electron chi connectivity index (χ4n) is 12.0. The largest absolute Gasteiger partial charge is 0.463 e. The van der Waals surface area contributed by atoms with Crippen molar-refractivity contribution in [2.45, 2.75) is 250 Å². The maximum Gasteiger partial charge on any atom is 0.303 e. The molecule has 0 aliphatic carbocycles. The maximum atomic E-state index is 15.0. The standard InChI is InChI=1S/C61H91N9O31/c1-24(53(62)83)63-55(85)38-16-14-18-69(38)58(88)39-17-15-19-70(39)57(87)25(2)64-56(86)43(68-54(84)37(20-71)65-27(4)72)26(3)92-60-44(66-28(5)73)49(101-61-52(97-36(13)81)51(96-35(12)80)48(94-33(10)78)42(100-61)23-90-31(8)76)46(82)40(98-60)21-91-59-45(67-29(6)74)50(95-34(11)79)47(93-32(9)77)41(99-59)22-89-30(7)75/h24-26,37-52,59-61,71,82H,14-23H2,1-13H3,(H2,62,83)(H,63,85)(H,64,86)(H,65,72)(H,66,73)(H,67,74)(H,68,84)/t24?,25?,26?,37?,38?,39?,40?,41?,42?,43?,44?,45?,46-,47+,48+,49+,50+,51-,52?,59+,60-,61-/m0/s1. The van der Waals surface area contributed by atoms with Gasteiger partial charge in [0.2, 0.25) is 53.2 Å². The van der Waals surface area contributed by atoms with Gasteiger partial charge in [0.15, 0.2) is 49.4 Å². The molecule has 566 valence electrons. The minimum Gasteiger partial charge on any atom is -0.463 e. The molecule has 10 N–H and O–H groups in total. The average Bonchev–Trinajstić information content (AvgIpc) is 1.57.